The van der Waals surface area contributed by atoms with Gasteiger partial charge in [-0.3, -0.25) is 4.79 Å². The predicted molar refractivity (Wildman–Crippen MR) is 88.5 cm³/mol. The molecule has 0 spiro atoms. The normalized spacial score (nSPS) is 18.2. The van der Waals surface area contributed by atoms with Crippen LogP contribution < -0.4 is 0 Å². The van der Waals surface area contributed by atoms with Gasteiger partial charge in [0, 0.05) is 17.4 Å². The fourth-order valence-corrected chi connectivity index (χ4v) is 3.42. The summed E-state index contributed by atoms with van der Waals surface area (Å²) in [6, 6.07) is 5.54. The van der Waals surface area contributed by atoms with E-state index in [1.165, 1.54) is 7.11 Å². The van der Waals surface area contributed by atoms with Gasteiger partial charge in [0.25, 0.3) is 5.91 Å². The van der Waals surface area contributed by atoms with Crippen molar-refractivity contribution in [3.63, 3.8) is 0 Å². The molecule has 0 saturated carbocycles. The molecular weight excluding hydrogens is 292 g/mol. The van der Waals surface area contributed by atoms with E-state index >= 15 is 0 Å². The van der Waals surface area contributed by atoms with Crippen molar-refractivity contribution in [1.29, 1.82) is 0 Å². The number of aromatic amines is 1. The highest BCUT2D eigenvalue weighted by atomic mass is 16.5. The van der Waals surface area contributed by atoms with Crippen LogP contribution in [0.2, 0.25) is 0 Å². The Morgan fingerprint density at radius 2 is 2.00 bits per heavy atom. The minimum atomic E-state index is -0.476. The Labute approximate surface area is 135 Å². The lowest BCUT2D eigenvalue weighted by molar-refractivity contribution is -0.147. The van der Waals surface area contributed by atoms with E-state index in [1.807, 2.05) is 26.0 Å². The molecule has 0 aliphatic carbocycles. The molecule has 1 fully saturated rings. The number of rotatable bonds is 2. The van der Waals surface area contributed by atoms with Crippen LogP contribution in [0.1, 0.15) is 40.9 Å². The Bertz CT molecular complexity index is 763. The molecule has 1 amide bonds. The van der Waals surface area contributed by atoms with E-state index in [9.17, 15) is 9.59 Å². The molecule has 0 radical (unpaired) electrons. The quantitative estimate of drug-likeness (QED) is 0.867. The van der Waals surface area contributed by atoms with Gasteiger partial charge in [0.05, 0.1) is 7.11 Å². The molecule has 1 unspecified atom stereocenters. The number of carbonyl (C=O) groups is 2. The molecule has 5 heteroatoms. The topological polar surface area (TPSA) is 62.4 Å². The molecule has 1 aromatic carbocycles. The second-order valence-electron chi connectivity index (χ2n) is 6.26. The Kier molecular flexibility index (Phi) is 4.11. The molecular formula is C18H22N2O3. The van der Waals surface area contributed by atoms with Crippen molar-refractivity contribution in [3.8, 4) is 0 Å². The number of aryl methyl sites for hydroxylation is 2. The van der Waals surface area contributed by atoms with Gasteiger partial charge in [0.2, 0.25) is 0 Å². The molecule has 3 rings (SSSR count). The van der Waals surface area contributed by atoms with Gasteiger partial charge in [0.15, 0.2) is 0 Å². The molecule has 2 aromatic rings. The van der Waals surface area contributed by atoms with Gasteiger partial charge >= 0.3 is 5.97 Å². The average Bonchev–Trinajstić information content (AvgIpc) is 2.97. The first kappa shape index (κ1) is 15.6. The molecule has 2 heterocycles. The summed E-state index contributed by atoms with van der Waals surface area (Å²) in [5, 5.41) is 1.05. The number of methoxy groups -OCH3 is 1. The fourth-order valence-electron chi connectivity index (χ4n) is 3.42. The van der Waals surface area contributed by atoms with Crippen molar-refractivity contribution in [1.82, 2.24) is 9.88 Å². The molecule has 1 N–H and O–H groups in total. The van der Waals surface area contributed by atoms with E-state index in [0.717, 1.165) is 34.9 Å². The van der Waals surface area contributed by atoms with Crippen molar-refractivity contribution < 1.29 is 14.3 Å². The lowest BCUT2D eigenvalue weighted by Crippen LogP contribution is -2.48. The monoisotopic (exact) mass is 314 g/mol. The number of amides is 1. The second kappa shape index (κ2) is 6.07. The highest BCUT2D eigenvalue weighted by molar-refractivity contribution is 6.00. The third kappa shape index (κ3) is 2.83. The van der Waals surface area contributed by atoms with E-state index in [2.05, 4.69) is 11.1 Å². The molecule has 1 aliphatic rings. The molecule has 122 valence electrons. The largest absolute Gasteiger partial charge is 0.467 e. The van der Waals surface area contributed by atoms with Crippen LogP contribution >= 0.6 is 0 Å². The number of H-pyrrole nitrogens is 1. The maximum atomic E-state index is 12.9. The maximum Gasteiger partial charge on any atom is 0.328 e. The third-order valence-electron chi connectivity index (χ3n) is 4.56. The van der Waals surface area contributed by atoms with E-state index in [1.54, 1.807) is 4.90 Å². The number of hydrogen-bond acceptors (Lipinski definition) is 3. The number of aromatic nitrogens is 1. The third-order valence-corrected chi connectivity index (χ3v) is 4.56. The second-order valence-corrected chi connectivity index (χ2v) is 6.26. The van der Waals surface area contributed by atoms with Gasteiger partial charge in [-0.25, -0.2) is 4.79 Å². The molecule has 1 aliphatic heterocycles. The summed E-state index contributed by atoms with van der Waals surface area (Å²) in [6.07, 6.45) is 2.52. The first-order valence-electron chi connectivity index (χ1n) is 8.00. The Hall–Kier alpha value is -2.30. The van der Waals surface area contributed by atoms with Crippen LogP contribution in [-0.2, 0) is 9.53 Å². The van der Waals surface area contributed by atoms with E-state index in [-0.39, 0.29) is 11.9 Å². The Morgan fingerprint density at radius 3 is 2.74 bits per heavy atom. The van der Waals surface area contributed by atoms with Crippen LogP contribution in [0.4, 0.5) is 0 Å². The standard InChI is InChI=1S/C18H22N2O3/c1-11-8-12(2)13-10-15(19-14(13)9-11)17(21)20-7-5-4-6-16(20)18(22)23-3/h8-10,16,19H,4-7H2,1-3H3. The molecule has 1 saturated heterocycles. The molecule has 23 heavy (non-hydrogen) atoms. The molecule has 1 atom stereocenters. The number of carbonyl (C=O) groups excluding carboxylic acids is 2. The minimum Gasteiger partial charge on any atom is -0.467 e. The first-order valence-corrected chi connectivity index (χ1v) is 8.00. The van der Waals surface area contributed by atoms with Crippen molar-refractivity contribution in [2.24, 2.45) is 0 Å². The zero-order valence-electron chi connectivity index (χ0n) is 13.8. The van der Waals surface area contributed by atoms with Gasteiger partial charge in [-0.1, -0.05) is 6.07 Å². The summed E-state index contributed by atoms with van der Waals surface area (Å²) in [5.41, 5.74) is 3.78. The highest BCUT2D eigenvalue weighted by Gasteiger charge is 2.33. The number of esters is 1. The van der Waals surface area contributed by atoms with Gasteiger partial charge in [-0.05, 0) is 56.4 Å². The van der Waals surface area contributed by atoms with Crippen LogP contribution in [0.25, 0.3) is 10.9 Å². The van der Waals surface area contributed by atoms with Crippen LogP contribution in [0.5, 0.6) is 0 Å². The number of ether oxygens (including phenoxy) is 1. The number of nitrogens with zero attached hydrogens (tertiary/aromatic N) is 1. The zero-order chi connectivity index (χ0) is 16.6. The van der Waals surface area contributed by atoms with E-state index in [4.69, 9.17) is 4.74 Å². The Balaban J connectivity index is 1.95. The number of piperidine rings is 1. The van der Waals surface area contributed by atoms with Crippen LogP contribution in [0.3, 0.4) is 0 Å². The van der Waals surface area contributed by atoms with Gasteiger partial charge in [-0.15, -0.1) is 0 Å². The van der Waals surface area contributed by atoms with Crippen molar-refractivity contribution in [3.05, 3.63) is 35.0 Å². The number of hydrogen-bond donors (Lipinski definition) is 1. The van der Waals surface area contributed by atoms with Gasteiger partial charge < -0.3 is 14.6 Å². The van der Waals surface area contributed by atoms with Gasteiger partial charge in [0.1, 0.15) is 11.7 Å². The summed E-state index contributed by atoms with van der Waals surface area (Å²) in [5.74, 6) is -0.463. The lowest BCUT2D eigenvalue weighted by atomic mass is 10.0. The SMILES string of the molecule is COC(=O)C1CCCCN1C(=O)c1cc2c(C)cc(C)cc2[nH]1. The van der Waals surface area contributed by atoms with E-state index < -0.39 is 6.04 Å². The van der Waals surface area contributed by atoms with Gasteiger partial charge in [-0.2, -0.15) is 0 Å². The predicted octanol–water partition coefficient (Wildman–Crippen LogP) is 2.95. The summed E-state index contributed by atoms with van der Waals surface area (Å²) in [7, 11) is 1.37. The summed E-state index contributed by atoms with van der Waals surface area (Å²) in [6.45, 7) is 4.66. The van der Waals surface area contributed by atoms with Crippen LogP contribution in [-0.4, -0.2) is 41.5 Å². The highest BCUT2D eigenvalue weighted by Crippen LogP contribution is 2.25. The molecule has 0 bridgehead atoms. The first-order chi connectivity index (χ1) is 11.0. The fraction of sp³-hybridized carbons (Fsp3) is 0.444. The smallest absolute Gasteiger partial charge is 0.328 e. The number of nitrogens with one attached hydrogen (secondary N) is 1. The maximum absolute atomic E-state index is 12.9. The number of likely N-dealkylation sites (tertiary alicyclic amines) is 1. The lowest BCUT2D eigenvalue weighted by Gasteiger charge is -2.33. The van der Waals surface area contributed by atoms with Crippen molar-refractivity contribution >= 4 is 22.8 Å². The Morgan fingerprint density at radius 1 is 1.22 bits per heavy atom. The minimum absolute atomic E-state index is 0.131. The molecule has 5 nitrogen and oxygen atoms in total. The summed E-state index contributed by atoms with van der Waals surface area (Å²) in [4.78, 5) is 29.7. The van der Waals surface area contributed by atoms with Crippen LogP contribution in [0.15, 0.2) is 18.2 Å². The van der Waals surface area contributed by atoms with Crippen molar-refractivity contribution in [2.45, 2.75) is 39.2 Å². The number of fused-ring (bicyclic) bond motifs is 1. The van der Waals surface area contributed by atoms with Crippen molar-refractivity contribution in [2.75, 3.05) is 13.7 Å². The van der Waals surface area contributed by atoms with E-state index in [0.29, 0.717) is 18.7 Å². The summed E-state index contributed by atoms with van der Waals surface area (Å²) >= 11 is 0. The van der Waals surface area contributed by atoms with Crippen LogP contribution in [0, 0.1) is 13.8 Å². The summed E-state index contributed by atoms with van der Waals surface area (Å²) < 4.78 is 4.86. The average molecular weight is 314 g/mol. The number of benzene rings is 1. The zero-order valence-corrected chi connectivity index (χ0v) is 13.8. The molecule has 1 aromatic heterocycles.